The summed E-state index contributed by atoms with van der Waals surface area (Å²) < 4.78 is 0. The van der Waals surface area contributed by atoms with E-state index in [1.54, 1.807) is 30.1 Å². The van der Waals surface area contributed by atoms with Gasteiger partial charge >= 0.3 is 0 Å². The van der Waals surface area contributed by atoms with Crippen LogP contribution >= 0.6 is 11.6 Å². The van der Waals surface area contributed by atoms with Gasteiger partial charge in [-0.1, -0.05) is 29.8 Å². The van der Waals surface area contributed by atoms with E-state index >= 15 is 0 Å². The Hall–Kier alpha value is -3.11. The summed E-state index contributed by atoms with van der Waals surface area (Å²) in [7, 11) is 1.78. The normalized spacial score (nSPS) is 16.1. The van der Waals surface area contributed by atoms with Gasteiger partial charge in [0.15, 0.2) is 0 Å². The van der Waals surface area contributed by atoms with Gasteiger partial charge in [-0.25, -0.2) is 0 Å². The number of halogens is 1. The zero-order chi connectivity index (χ0) is 21.4. The second-order valence-electron chi connectivity index (χ2n) is 7.67. The maximum Gasteiger partial charge on any atom is 0.251 e. The van der Waals surface area contributed by atoms with Crippen LogP contribution in [0.3, 0.4) is 0 Å². The Labute approximate surface area is 181 Å². The summed E-state index contributed by atoms with van der Waals surface area (Å²) in [5.41, 5.74) is 6.52. The largest absolute Gasteiger partial charge is 0.508 e. The number of hydrogen-bond acceptors (Lipinski definition) is 3. The summed E-state index contributed by atoms with van der Waals surface area (Å²) in [5, 5.41) is 10.3. The zero-order valence-corrected chi connectivity index (χ0v) is 17.9. The summed E-state index contributed by atoms with van der Waals surface area (Å²) in [6.07, 6.45) is 0.519. The first-order valence-electron chi connectivity index (χ1n) is 9.85. The van der Waals surface area contributed by atoms with E-state index < -0.39 is 6.04 Å². The van der Waals surface area contributed by atoms with Crippen molar-refractivity contribution in [1.29, 1.82) is 0 Å². The Bertz CT molecular complexity index is 1130. The first-order chi connectivity index (χ1) is 14.3. The monoisotopic (exact) mass is 418 g/mol. The number of hydrogen-bond donors (Lipinski definition) is 1. The van der Waals surface area contributed by atoms with Gasteiger partial charge in [-0.2, -0.15) is 0 Å². The minimum atomic E-state index is -0.565. The number of nitrogens with zero attached hydrogens (tertiary/aromatic N) is 2. The van der Waals surface area contributed by atoms with Crippen molar-refractivity contribution < 1.29 is 9.90 Å². The minimum absolute atomic E-state index is 0.0602. The average Bonchev–Trinajstić information content (AvgIpc) is 2.82. The molecule has 0 saturated heterocycles. The average molecular weight is 419 g/mol. The first-order valence-corrected chi connectivity index (χ1v) is 10.2. The second-order valence-corrected chi connectivity index (χ2v) is 8.11. The molecule has 0 aliphatic carbocycles. The van der Waals surface area contributed by atoms with Crippen molar-refractivity contribution in [3.05, 3.63) is 93.5 Å². The van der Waals surface area contributed by atoms with Gasteiger partial charge in [-0.3, -0.25) is 9.79 Å². The third kappa shape index (κ3) is 3.71. The standard InChI is InChI=1S/C25H23ClN2O2/c1-15-5-4-6-16(2)20(15)14-22-25(30)28(3)23-12-9-18(26)13-21(23)24(27-22)17-7-10-19(29)11-8-17/h4-13,22,29H,14H2,1-3H3/t22-/m0/s1. The van der Waals surface area contributed by atoms with Crippen molar-refractivity contribution in [3.63, 3.8) is 0 Å². The second kappa shape index (κ2) is 7.96. The number of aliphatic imine (C=N–C) groups is 1. The lowest BCUT2D eigenvalue weighted by molar-refractivity contribution is -0.119. The smallest absolute Gasteiger partial charge is 0.251 e. The van der Waals surface area contributed by atoms with Crippen LogP contribution in [0.5, 0.6) is 5.75 Å². The fourth-order valence-corrected chi connectivity index (χ4v) is 4.13. The molecule has 3 aromatic carbocycles. The maximum absolute atomic E-state index is 13.4. The molecule has 0 bridgehead atoms. The van der Waals surface area contributed by atoms with Crippen molar-refractivity contribution in [2.45, 2.75) is 26.3 Å². The molecule has 5 heteroatoms. The van der Waals surface area contributed by atoms with E-state index in [9.17, 15) is 9.90 Å². The number of phenolic OH excluding ortho intramolecular Hbond substituents is 1. The molecule has 1 heterocycles. The molecule has 1 aliphatic rings. The van der Waals surface area contributed by atoms with E-state index in [1.807, 2.05) is 30.3 Å². The van der Waals surface area contributed by atoms with Crippen LogP contribution in [0.25, 0.3) is 0 Å². The quantitative estimate of drug-likeness (QED) is 0.644. The first kappa shape index (κ1) is 20.2. The Morgan fingerprint density at radius 2 is 1.70 bits per heavy atom. The molecule has 0 aromatic heterocycles. The van der Waals surface area contributed by atoms with Gasteiger partial charge in [0, 0.05) is 29.6 Å². The Kier molecular flexibility index (Phi) is 5.35. The number of carbonyl (C=O) groups is 1. The molecule has 1 N–H and O–H groups in total. The van der Waals surface area contributed by atoms with Crippen LogP contribution in [0.2, 0.25) is 5.02 Å². The van der Waals surface area contributed by atoms with E-state index in [-0.39, 0.29) is 11.7 Å². The Balaban J connectivity index is 1.89. The number of likely N-dealkylation sites (N-methyl/N-ethyl adjacent to an activating group) is 1. The number of benzene rings is 3. The Morgan fingerprint density at radius 1 is 1.03 bits per heavy atom. The molecular formula is C25H23ClN2O2. The molecule has 0 spiro atoms. The maximum atomic E-state index is 13.4. The number of aryl methyl sites for hydroxylation is 2. The number of carbonyl (C=O) groups excluding carboxylic acids is 1. The third-order valence-corrected chi connectivity index (χ3v) is 5.89. The molecule has 30 heavy (non-hydrogen) atoms. The molecule has 3 aromatic rings. The van der Waals surface area contributed by atoms with Crippen molar-refractivity contribution in [2.24, 2.45) is 4.99 Å². The topological polar surface area (TPSA) is 52.9 Å². The zero-order valence-electron chi connectivity index (χ0n) is 17.2. The van der Waals surface area contributed by atoms with Gasteiger partial charge in [0.05, 0.1) is 11.4 Å². The highest BCUT2D eigenvalue weighted by atomic mass is 35.5. The van der Waals surface area contributed by atoms with Crippen LogP contribution in [-0.4, -0.2) is 29.8 Å². The molecule has 0 fully saturated rings. The molecule has 1 atom stereocenters. The molecule has 0 radical (unpaired) electrons. The van der Waals surface area contributed by atoms with Gasteiger partial charge in [0.25, 0.3) is 5.91 Å². The summed E-state index contributed by atoms with van der Waals surface area (Å²) in [4.78, 5) is 20.0. The number of phenols is 1. The molecule has 0 unspecified atom stereocenters. The van der Waals surface area contributed by atoms with Crippen molar-refractivity contribution in [1.82, 2.24) is 0 Å². The fourth-order valence-electron chi connectivity index (χ4n) is 3.96. The number of anilines is 1. The van der Waals surface area contributed by atoms with Gasteiger partial charge < -0.3 is 10.0 Å². The SMILES string of the molecule is Cc1cccc(C)c1C[C@@H]1N=C(c2ccc(O)cc2)c2cc(Cl)ccc2N(C)C1=O. The van der Waals surface area contributed by atoms with Crippen molar-refractivity contribution >= 4 is 28.9 Å². The third-order valence-electron chi connectivity index (χ3n) is 5.66. The van der Waals surface area contributed by atoms with E-state index in [4.69, 9.17) is 16.6 Å². The predicted octanol–water partition coefficient (Wildman–Crippen LogP) is 5.09. The highest BCUT2D eigenvalue weighted by Gasteiger charge is 2.30. The molecule has 4 nitrogen and oxygen atoms in total. The van der Waals surface area contributed by atoms with Crippen molar-refractivity contribution in [3.8, 4) is 5.75 Å². The highest BCUT2D eigenvalue weighted by Crippen LogP contribution is 2.31. The van der Waals surface area contributed by atoms with Gasteiger partial charge in [-0.15, -0.1) is 0 Å². The highest BCUT2D eigenvalue weighted by molar-refractivity contribution is 6.32. The number of fused-ring (bicyclic) bond motifs is 1. The fraction of sp³-hybridized carbons (Fsp3) is 0.200. The van der Waals surface area contributed by atoms with Gasteiger partial charge in [-0.05, 0) is 73.0 Å². The van der Waals surface area contributed by atoms with E-state index in [1.165, 1.54) is 0 Å². The van der Waals surface area contributed by atoms with Crippen LogP contribution < -0.4 is 4.90 Å². The minimum Gasteiger partial charge on any atom is -0.508 e. The van der Waals surface area contributed by atoms with Crippen LogP contribution in [0.15, 0.2) is 65.7 Å². The van der Waals surface area contributed by atoms with Crippen molar-refractivity contribution in [2.75, 3.05) is 11.9 Å². The number of rotatable bonds is 3. The molecule has 4 rings (SSSR count). The van der Waals surface area contributed by atoms with Crippen LogP contribution in [-0.2, 0) is 11.2 Å². The molecule has 1 aliphatic heterocycles. The number of aromatic hydroxyl groups is 1. The molecule has 152 valence electrons. The molecule has 0 saturated carbocycles. The van der Waals surface area contributed by atoms with Crippen LogP contribution in [0.4, 0.5) is 5.69 Å². The summed E-state index contributed by atoms with van der Waals surface area (Å²) in [6.45, 7) is 4.12. The number of amides is 1. The molecular weight excluding hydrogens is 396 g/mol. The lowest BCUT2D eigenvalue weighted by atomic mass is 9.96. The number of benzodiazepines with no additional fused rings is 1. The van der Waals surface area contributed by atoms with Gasteiger partial charge in [0.2, 0.25) is 0 Å². The predicted molar refractivity (Wildman–Crippen MR) is 122 cm³/mol. The van der Waals surface area contributed by atoms with Gasteiger partial charge in [0.1, 0.15) is 11.8 Å². The summed E-state index contributed by atoms with van der Waals surface area (Å²) >= 11 is 6.30. The van der Waals surface area contributed by atoms with E-state index in [2.05, 4.69) is 26.0 Å². The van der Waals surface area contributed by atoms with Crippen LogP contribution in [0.1, 0.15) is 27.8 Å². The van der Waals surface area contributed by atoms with Crippen LogP contribution in [0, 0.1) is 13.8 Å². The lowest BCUT2D eigenvalue weighted by Crippen LogP contribution is -2.36. The molecule has 1 amide bonds. The Morgan fingerprint density at radius 3 is 2.37 bits per heavy atom. The summed E-state index contributed by atoms with van der Waals surface area (Å²) in [5.74, 6) is 0.120. The van der Waals surface area contributed by atoms with E-state index in [0.29, 0.717) is 17.2 Å². The summed E-state index contributed by atoms with van der Waals surface area (Å²) in [6, 6.07) is 17.9. The van der Waals surface area contributed by atoms with E-state index in [0.717, 1.165) is 33.5 Å². The lowest BCUT2D eigenvalue weighted by Gasteiger charge is -2.21.